The number of fused-ring (bicyclic) bond motifs is 3. The topological polar surface area (TPSA) is 61.4 Å². The molecule has 5 heteroatoms. The molecule has 2 aliphatic rings. The number of hydrogen-bond acceptors (Lipinski definition) is 3. The number of benzene rings is 2. The number of carbonyl (C=O) groups is 2. The fourth-order valence-electron chi connectivity index (χ4n) is 3.40. The summed E-state index contributed by atoms with van der Waals surface area (Å²) in [5.41, 5.74) is 1.67. The van der Waals surface area contributed by atoms with E-state index >= 15 is 0 Å². The van der Waals surface area contributed by atoms with Gasteiger partial charge in [-0.15, -0.1) is 0 Å². The molecule has 5 nitrogen and oxygen atoms in total. The molecule has 2 N–H and O–H groups in total. The van der Waals surface area contributed by atoms with Gasteiger partial charge in [-0.1, -0.05) is 37.3 Å². The van der Waals surface area contributed by atoms with E-state index in [9.17, 15) is 9.59 Å². The van der Waals surface area contributed by atoms with Crippen LogP contribution in [0, 0.1) is 0 Å². The Kier molecular flexibility index (Phi) is 2.91. The van der Waals surface area contributed by atoms with Crippen LogP contribution in [0.5, 0.6) is 0 Å². The SMILES string of the molecule is CCCN1C(=O)[C@]2(NC(=O)c3ccccc3N2)c2ccccc21. The fourth-order valence-corrected chi connectivity index (χ4v) is 3.40. The van der Waals surface area contributed by atoms with Crippen molar-refractivity contribution in [2.75, 3.05) is 16.8 Å². The van der Waals surface area contributed by atoms with E-state index in [4.69, 9.17) is 0 Å². The van der Waals surface area contributed by atoms with Crippen molar-refractivity contribution in [3.8, 4) is 0 Å². The van der Waals surface area contributed by atoms with Crippen molar-refractivity contribution >= 4 is 23.2 Å². The second kappa shape index (κ2) is 4.84. The van der Waals surface area contributed by atoms with Gasteiger partial charge in [-0.3, -0.25) is 9.59 Å². The largest absolute Gasteiger partial charge is 0.350 e. The van der Waals surface area contributed by atoms with Crippen LogP contribution in [-0.2, 0) is 10.5 Å². The minimum absolute atomic E-state index is 0.136. The minimum Gasteiger partial charge on any atom is -0.350 e. The Balaban J connectivity index is 1.89. The maximum absolute atomic E-state index is 13.1. The van der Waals surface area contributed by atoms with Gasteiger partial charge in [0, 0.05) is 17.8 Å². The standard InChI is InChI=1S/C18H17N3O2/c1-2-11-21-15-10-6-4-8-13(15)18(17(21)23)19-14-9-5-3-7-12(14)16(22)20-18/h3-10,19H,2,11H2,1H3,(H,20,22)/t18-/m1/s1. The zero-order valence-corrected chi connectivity index (χ0v) is 12.8. The average molecular weight is 307 g/mol. The molecule has 0 radical (unpaired) electrons. The lowest BCUT2D eigenvalue weighted by Gasteiger charge is -2.36. The van der Waals surface area contributed by atoms with Crippen molar-refractivity contribution in [3.63, 3.8) is 0 Å². The second-order valence-electron chi connectivity index (χ2n) is 5.85. The van der Waals surface area contributed by atoms with Crippen LogP contribution in [0.1, 0.15) is 29.3 Å². The molecule has 2 aliphatic heterocycles. The Hall–Kier alpha value is -2.82. The van der Waals surface area contributed by atoms with E-state index in [1.165, 1.54) is 0 Å². The Morgan fingerprint density at radius 1 is 1.00 bits per heavy atom. The van der Waals surface area contributed by atoms with Gasteiger partial charge >= 0.3 is 0 Å². The van der Waals surface area contributed by atoms with Gasteiger partial charge in [-0.25, -0.2) is 0 Å². The van der Waals surface area contributed by atoms with Crippen molar-refractivity contribution < 1.29 is 9.59 Å². The molecule has 2 heterocycles. The molecular weight excluding hydrogens is 290 g/mol. The van der Waals surface area contributed by atoms with Gasteiger partial charge < -0.3 is 15.5 Å². The van der Waals surface area contributed by atoms with E-state index in [-0.39, 0.29) is 11.8 Å². The zero-order valence-electron chi connectivity index (χ0n) is 12.8. The molecule has 0 aliphatic carbocycles. The zero-order chi connectivity index (χ0) is 16.0. The van der Waals surface area contributed by atoms with E-state index in [2.05, 4.69) is 10.6 Å². The number of nitrogens with zero attached hydrogens (tertiary/aromatic N) is 1. The predicted octanol–water partition coefficient (Wildman–Crippen LogP) is 2.45. The number of nitrogens with one attached hydrogen (secondary N) is 2. The molecule has 2 aromatic carbocycles. The summed E-state index contributed by atoms with van der Waals surface area (Å²) in [6.07, 6.45) is 0.848. The third-order valence-electron chi connectivity index (χ3n) is 4.41. The Labute approximate surface area is 134 Å². The molecule has 1 atom stereocenters. The van der Waals surface area contributed by atoms with Crippen LogP contribution in [0.25, 0.3) is 0 Å². The number of rotatable bonds is 2. The van der Waals surface area contributed by atoms with Crippen molar-refractivity contribution in [1.29, 1.82) is 0 Å². The van der Waals surface area contributed by atoms with E-state index in [0.29, 0.717) is 17.8 Å². The Bertz CT molecular complexity index is 817. The molecule has 0 unspecified atom stereocenters. The fraction of sp³-hybridized carbons (Fsp3) is 0.222. The quantitative estimate of drug-likeness (QED) is 0.896. The summed E-state index contributed by atoms with van der Waals surface area (Å²) >= 11 is 0. The van der Waals surface area contributed by atoms with Crippen molar-refractivity contribution in [1.82, 2.24) is 5.32 Å². The number of anilines is 2. The maximum atomic E-state index is 13.1. The van der Waals surface area contributed by atoms with Crippen LogP contribution in [0.15, 0.2) is 48.5 Å². The molecule has 116 valence electrons. The molecule has 4 rings (SSSR count). The molecule has 23 heavy (non-hydrogen) atoms. The number of para-hydroxylation sites is 2. The third-order valence-corrected chi connectivity index (χ3v) is 4.41. The molecular formula is C18H17N3O2. The van der Waals surface area contributed by atoms with Gasteiger partial charge in [0.05, 0.1) is 11.3 Å². The van der Waals surface area contributed by atoms with Crippen molar-refractivity contribution in [3.05, 3.63) is 59.7 Å². The number of amides is 2. The van der Waals surface area contributed by atoms with E-state index < -0.39 is 5.66 Å². The summed E-state index contributed by atoms with van der Waals surface area (Å²) < 4.78 is 0. The predicted molar refractivity (Wildman–Crippen MR) is 88.3 cm³/mol. The monoisotopic (exact) mass is 307 g/mol. The Morgan fingerprint density at radius 2 is 1.74 bits per heavy atom. The highest BCUT2D eigenvalue weighted by Gasteiger charge is 2.54. The van der Waals surface area contributed by atoms with Gasteiger partial charge in [0.1, 0.15) is 0 Å². The first-order valence-electron chi connectivity index (χ1n) is 7.78. The third kappa shape index (κ3) is 1.79. The summed E-state index contributed by atoms with van der Waals surface area (Å²) in [4.78, 5) is 27.4. The van der Waals surface area contributed by atoms with Crippen LogP contribution in [-0.4, -0.2) is 18.4 Å². The molecule has 0 bridgehead atoms. The van der Waals surface area contributed by atoms with Crippen LogP contribution in [0.3, 0.4) is 0 Å². The first-order valence-corrected chi connectivity index (χ1v) is 7.78. The lowest BCUT2D eigenvalue weighted by atomic mass is 9.96. The first kappa shape index (κ1) is 13.8. The lowest BCUT2D eigenvalue weighted by molar-refractivity contribution is -0.123. The number of hydrogen-bond donors (Lipinski definition) is 2. The highest BCUT2D eigenvalue weighted by Crippen LogP contribution is 2.43. The molecule has 0 fully saturated rings. The second-order valence-corrected chi connectivity index (χ2v) is 5.85. The van der Waals surface area contributed by atoms with Crippen LogP contribution in [0.4, 0.5) is 11.4 Å². The smallest absolute Gasteiger partial charge is 0.278 e. The summed E-state index contributed by atoms with van der Waals surface area (Å²) in [7, 11) is 0. The molecule has 0 aromatic heterocycles. The average Bonchev–Trinajstić information content (AvgIpc) is 2.78. The maximum Gasteiger partial charge on any atom is 0.278 e. The molecule has 2 aromatic rings. The van der Waals surface area contributed by atoms with Crippen LogP contribution >= 0.6 is 0 Å². The van der Waals surface area contributed by atoms with Gasteiger partial charge in [-0.05, 0) is 24.6 Å². The molecule has 0 saturated heterocycles. The van der Waals surface area contributed by atoms with Crippen LogP contribution in [0.2, 0.25) is 0 Å². The van der Waals surface area contributed by atoms with Gasteiger partial charge in [-0.2, -0.15) is 0 Å². The van der Waals surface area contributed by atoms with Gasteiger partial charge in [0.2, 0.25) is 5.66 Å². The summed E-state index contributed by atoms with van der Waals surface area (Å²) in [5.74, 6) is -0.371. The van der Waals surface area contributed by atoms with Gasteiger partial charge in [0.25, 0.3) is 11.8 Å². The number of carbonyl (C=O) groups excluding carboxylic acids is 2. The molecule has 0 saturated carbocycles. The van der Waals surface area contributed by atoms with Gasteiger partial charge in [0.15, 0.2) is 0 Å². The molecule has 2 amide bonds. The minimum atomic E-state index is -1.21. The van der Waals surface area contributed by atoms with E-state index in [1.54, 1.807) is 11.0 Å². The summed E-state index contributed by atoms with van der Waals surface area (Å²) in [6.45, 7) is 2.65. The highest BCUT2D eigenvalue weighted by atomic mass is 16.2. The van der Waals surface area contributed by atoms with Crippen molar-refractivity contribution in [2.45, 2.75) is 19.0 Å². The Morgan fingerprint density at radius 3 is 2.57 bits per heavy atom. The van der Waals surface area contributed by atoms with Crippen molar-refractivity contribution in [2.24, 2.45) is 0 Å². The van der Waals surface area contributed by atoms with Crippen LogP contribution < -0.4 is 15.5 Å². The molecule has 1 spiro atoms. The normalized spacial score (nSPS) is 21.7. The lowest BCUT2D eigenvalue weighted by Crippen LogP contribution is -2.60. The van der Waals surface area contributed by atoms with E-state index in [0.717, 1.165) is 17.7 Å². The summed E-state index contributed by atoms with van der Waals surface area (Å²) in [5, 5.41) is 6.17. The first-order chi connectivity index (χ1) is 11.2. The van der Waals surface area contributed by atoms with E-state index in [1.807, 2.05) is 49.4 Å². The summed E-state index contributed by atoms with van der Waals surface area (Å²) in [6, 6.07) is 14.9. The highest BCUT2D eigenvalue weighted by molar-refractivity contribution is 6.15.